The summed E-state index contributed by atoms with van der Waals surface area (Å²) in [7, 11) is 0. The molecule has 0 aliphatic heterocycles. The Labute approximate surface area is 116 Å². The number of carboxylic acids is 1. The lowest BCUT2D eigenvalue weighted by Crippen LogP contribution is -2.15. The lowest BCUT2D eigenvalue weighted by molar-refractivity contribution is -0.138. The number of carbonyl (C=O) groups is 1. The summed E-state index contributed by atoms with van der Waals surface area (Å²) >= 11 is 0. The summed E-state index contributed by atoms with van der Waals surface area (Å²) in [5, 5.41) is 11.4. The number of benzene rings is 1. The molecule has 1 aromatic carbocycles. The van der Waals surface area contributed by atoms with Gasteiger partial charge in [-0.1, -0.05) is 0 Å². The fourth-order valence-corrected chi connectivity index (χ4v) is 1.52. The van der Waals surface area contributed by atoms with Crippen LogP contribution in [-0.4, -0.2) is 37.3 Å². The average molecular weight is 313 g/mol. The molecule has 0 amide bonds. The quantitative estimate of drug-likeness (QED) is 0.600. The second kappa shape index (κ2) is 7.21. The van der Waals surface area contributed by atoms with Crippen molar-refractivity contribution in [2.45, 2.75) is 12.6 Å². The van der Waals surface area contributed by atoms with Crippen LogP contribution in [0.5, 0.6) is 0 Å². The summed E-state index contributed by atoms with van der Waals surface area (Å²) in [4.78, 5) is 10.8. The zero-order valence-electron chi connectivity index (χ0n) is 10.6. The van der Waals surface area contributed by atoms with Crippen LogP contribution < -0.4 is 5.32 Å². The third-order valence-electron chi connectivity index (χ3n) is 2.37. The molecule has 0 saturated heterocycles. The van der Waals surface area contributed by atoms with Gasteiger partial charge in [0.15, 0.2) is 0 Å². The molecule has 0 unspecified atom stereocenters. The van der Waals surface area contributed by atoms with Gasteiger partial charge in [0.2, 0.25) is 0 Å². The Bertz CT molecular complexity index is 490. The number of alkyl halides is 5. The van der Waals surface area contributed by atoms with Crippen LogP contribution in [0.4, 0.5) is 27.6 Å². The Hall–Kier alpha value is -1.90. The van der Waals surface area contributed by atoms with Gasteiger partial charge in [-0.2, -0.15) is 13.2 Å². The van der Waals surface area contributed by atoms with Crippen LogP contribution in [0.15, 0.2) is 18.2 Å². The van der Waals surface area contributed by atoms with Crippen molar-refractivity contribution in [3.63, 3.8) is 0 Å². The van der Waals surface area contributed by atoms with Gasteiger partial charge in [-0.25, -0.2) is 13.6 Å². The number of anilines is 1. The van der Waals surface area contributed by atoms with Crippen molar-refractivity contribution in [1.29, 1.82) is 0 Å². The molecule has 0 aromatic heterocycles. The maximum Gasteiger partial charge on any atom is 0.417 e. The van der Waals surface area contributed by atoms with Crippen molar-refractivity contribution < 1.29 is 36.6 Å². The van der Waals surface area contributed by atoms with Crippen molar-refractivity contribution in [3.05, 3.63) is 29.3 Å². The van der Waals surface area contributed by atoms with Crippen LogP contribution in [0.1, 0.15) is 15.9 Å². The number of nitrogens with one attached hydrogen (secondary N) is 1. The first-order valence-corrected chi connectivity index (χ1v) is 5.76. The van der Waals surface area contributed by atoms with Gasteiger partial charge < -0.3 is 15.2 Å². The highest BCUT2D eigenvalue weighted by Gasteiger charge is 2.35. The normalized spacial score (nSPS) is 11.7. The molecule has 1 aromatic rings. The number of rotatable bonds is 7. The molecule has 0 saturated carbocycles. The molecule has 1 rings (SSSR count). The smallest absolute Gasteiger partial charge is 0.417 e. The minimum absolute atomic E-state index is 0.0527. The maximum atomic E-state index is 12.6. The molecule has 0 radical (unpaired) electrons. The highest BCUT2D eigenvalue weighted by Crippen LogP contribution is 2.33. The SMILES string of the molecule is O=C(O)c1cc(NCCOCC(F)F)ccc1C(F)(F)F. The summed E-state index contributed by atoms with van der Waals surface area (Å²) in [6.45, 7) is -0.778. The van der Waals surface area contributed by atoms with Crippen LogP contribution in [0.2, 0.25) is 0 Å². The Morgan fingerprint density at radius 3 is 2.52 bits per heavy atom. The van der Waals surface area contributed by atoms with E-state index >= 15 is 0 Å². The molecule has 4 nitrogen and oxygen atoms in total. The van der Waals surface area contributed by atoms with Gasteiger partial charge in [0.25, 0.3) is 6.43 Å². The summed E-state index contributed by atoms with van der Waals surface area (Å²) in [6, 6.07) is 2.53. The number of carboxylic acid groups (broad SMARTS) is 1. The van der Waals surface area contributed by atoms with E-state index in [0.29, 0.717) is 6.07 Å². The highest BCUT2D eigenvalue weighted by molar-refractivity contribution is 5.91. The van der Waals surface area contributed by atoms with Crippen molar-refractivity contribution >= 4 is 11.7 Å². The summed E-state index contributed by atoms with van der Waals surface area (Å²) < 4.78 is 65.9. The van der Waals surface area contributed by atoms with Gasteiger partial charge in [0.1, 0.15) is 6.61 Å². The van der Waals surface area contributed by atoms with Crippen LogP contribution in [0, 0.1) is 0 Å². The summed E-state index contributed by atoms with van der Waals surface area (Å²) in [6.07, 6.45) is -7.37. The molecular formula is C12H12F5NO3. The van der Waals surface area contributed by atoms with Crippen molar-refractivity contribution in [1.82, 2.24) is 0 Å². The number of hydrogen-bond acceptors (Lipinski definition) is 3. The molecule has 9 heteroatoms. The molecule has 0 atom stereocenters. The predicted octanol–water partition coefficient (Wildman–Crippen LogP) is 3.10. The predicted molar refractivity (Wildman–Crippen MR) is 63.7 cm³/mol. The fraction of sp³-hybridized carbons (Fsp3) is 0.417. The molecular weight excluding hydrogens is 301 g/mol. The van der Waals surface area contributed by atoms with Gasteiger partial charge in [0.05, 0.1) is 17.7 Å². The average Bonchev–Trinajstić information content (AvgIpc) is 2.36. The Morgan fingerprint density at radius 1 is 1.33 bits per heavy atom. The Morgan fingerprint density at radius 2 is 2.00 bits per heavy atom. The number of hydrogen-bond donors (Lipinski definition) is 2. The highest BCUT2D eigenvalue weighted by atomic mass is 19.4. The molecule has 0 fully saturated rings. The van der Waals surface area contributed by atoms with Gasteiger partial charge in [-0.15, -0.1) is 0 Å². The van der Waals surface area contributed by atoms with E-state index in [-0.39, 0.29) is 18.8 Å². The van der Waals surface area contributed by atoms with E-state index in [0.717, 1.165) is 12.1 Å². The van der Waals surface area contributed by atoms with Gasteiger partial charge in [0, 0.05) is 12.2 Å². The van der Waals surface area contributed by atoms with E-state index in [9.17, 15) is 26.7 Å². The van der Waals surface area contributed by atoms with Crippen molar-refractivity contribution in [3.8, 4) is 0 Å². The van der Waals surface area contributed by atoms with Gasteiger partial charge in [-0.05, 0) is 18.2 Å². The van der Waals surface area contributed by atoms with Crippen LogP contribution >= 0.6 is 0 Å². The minimum Gasteiger partial charge on any atom is -0.478 e. The topological polar surface area (TPSA) is 58.6 Å². The lowest BCUT2D eigenvalue weighted by Gasteiger charge is -2.13. The second-order valence-corrected chi connectivity index (χ2v) is 3.96. The number of aromatic carboxylic acids is 1. The van der Waals surface area contributed by atoms with Crippen molar-refractivity contribution in [2.75, 3.05) is 25.1 Å². The molecule has 0 aliphatic carbocycles. The van der Waals surface area contributed by atoms with Crippen LogP contribution in [-0.2, 0) is 10.9 Å². The first-order chi connectivity index (χ1) is 9.71. The van der Waals surface area contributed by atoms with Crippen molar-refractivity contribution in [2.24, 2.45) is 0 Å². The van der Waals surface area contributed by atoms with Gasteiger partial charge in [-0.3, -0.25) is 0 Å². The molecule has 0 heterocycles. The zero-order chi connectivity index (χ0) is 16.0. The minimum atomic E-state index is -4.77. The number of ether oxygens (including phenoxy) is 1. The molecule has 0 aliphatic rings. The molecule has 118 valence electrons. The molecule has 21 heavy (non-hydrogen) atoms. The summed E-state index contributed by atoms with van der Waals surface area (Å²) in [5.41, 5.74) is -2.02. The van der Waals surface area contributed by atoms with E-state index in [4.69, 9.17) is 5.11 Å². The van der Waals surface area contributed by atoms with E-state index in [1.165, 1.54) is 0 Å². The standard InChI is InChI=1S/C12H12F5NO3/c13-10(14)6-21-4-3-18-7-1-2-9(12(15,16)17)8(5-7)11(19)20/h1-2,5,10,18H,3-4,6H2,(H,19,20). The monoisotopic (exact) mass is 313 g/mol. The Balaban J connectivity index is 2.69. The van der Waals surface area contributed by atoms with Gasteiger partial charge >= 0.3 is 12.1 Å². The third kappa shape index (κ3) is 5.54. The lowest BCUT2D eigenvalue weighted by atomic mass is 10.1. The molecule has 2 N–H and O–H groups in total. The summed E-state index contributed by atoms with van der Waals surface area (Å²) in [5.74, 6) is -1.71. The van der Waals surface area contributed by atoms with Crippen LogP contribution in [0.25, 0.3) is 0 Å². The number of halogens is 5. The van der Waals surface area contributed by atoms with E-state index in [1.54, 1.807) is 0 Å². The molecule has 0 bridgehead atoms. The zero-order valence-corrected chi connectivity index (χ0v) is 10.6. The Kier molecular flexibility index (Phi) is 5.89. The van der Waals surface area contributed by atoms with E-state index < -0.39 is 36.3 Å². The van der Waals surface area contributed by atoms with Crippen LogP contribution in [0.3, 0.4) is 0 Å². The second-order valence-electron chi connectivity index (χ2n) is 3.96. The largest absolute Gasteiger partial charge is 0.478 e. The fourth-order valence-electron chi connectivity index (χ4n) is 1.52. The van der Waals surface area contributed by atoms with E-state index in [2.05, 4.69) is 10.1 Å². The first kappa shape index (κ1) is 17.2. The first-order valence-electron chi connectivity index (χ1n) is 5.76. The van der Waals surface area contributed by atoms with E-state index in [1.807, 2.05) is 0 Å². The third-order valence-corrected chi connectivity index (χ3v) is 2.37. The maximum absolute atomic E-state index is 12.6. The molecule has 0 spiro atoms.